The summed E-state index contributed by atoms with van der Waals surface area (Å²) in [6.45, 7) is 4.22. The average Bonchev–Trinajstić information content (AvgIpc) is 1.90. The lowest BCUT2D eigenvalue weighted by Crippen LogP contribution is -2.41. The zero-order chi connectivity index (χ0) is 11.9. The molecule has 0 aromatic carbocycles. The minimum absolute atomic E-state index is 0.158. The van der Waals surface area contributed by atoms with Gasteiger partial charge in [0.05, 0.1) is 0 Å². The van der Waals surface area contributed by atoms with Crippen LogP contribution in [-0.4, -0.2) is 20.1 Å². The van der Waals surface area contributed by atoms with Crippen LogP contribution >= 0.6 is 0 Å². The molecule has 0 aromatic rings. The maximum atomic E-state index is 11.1. The highest BCUT2D eigenvalue weighted by atomic mass is 28.3. The number of ether oxygens (including phenoxy) is 1. The van der Waals surface area contributed by atoms with E-state index in [1.165, 1.54) is 0 Å². The van der Waals surface area contributed by atoms with Crippen LogP contribution in [-0.2, 0) is 9.53 Å². The van der Waals surface area contributed by atoms with Gasteiger partial charge in [0.1, 0.15) is 6.10 Å². The number of rotatable bonds is 2. The Bertz CT molecular complexity index is 251. The molecule has 0 aliphatic heterocycles. The summed E-state index contributed by atoms with van der Waals surface area (Å²) >= 11 is 0. The summed E-state index contributed by atoms with van der Waals surface area (Å²) in [7, 11) is -1.14. The number of esters is 1. The molecule has 0 saturated heterocycles. The van der Waals surface area contributed by atoms with Gasteiger partial charge in [0.2, 0.25) is 0 Å². The fourth-order valence-corrected chi connectivity index (χ4v) is 3.46. The first-order valence-corrected chi connectivity index (χ1v) is 7.89. The van der Waals surface area contributed by atoms with Gasteiger partial charge in [-0.1, -0.05) is 19.6 Å². The Hall–Kier alpha value is -0.313. The normalized spacial score (nSPS) is 34.1. The molecule has 0 spiro atoms. The molecule has 1 fully saturated rings. The summed E-state index contributed by atoms with van der Waals surface area (Å²) in [4.78, 5) is 11.1. The third kappa shape index (κ3) is 2.34. The second-order valence-electron chi connectivity index (χ2n) is 4.56. The molecule has 70 valence electrons. The maximum absolute atomic E-state index is 11.1. The third-order valence-corrected chi connectivity index (χ3v) is 5.51. The molecular weight excluding hydrogens is 168 g/mol. The SMILES string of the molecule is [2H]C([2H])([2H])C(=O)OC1CC([Si](C)(C)C)C1. The van der Waals surface area contributed by atoms with Crippen molar-refractivity contribution in [1.29, 1.82) is 0 Å². The van der Waals surface area contributed by atoms with Gasteiger partial charge in [-0.15, -0.1) is 0 Å². The lowest BCUT2D eigenvalue weighted by molar-refractivity contribution is -0.150. The second-order valence-corrected chi connectivity index (χ2v) is 10.1. The van der Waals surface area contributed by atoms with Crippen LogP contribution < -0.4 is 0 Å². The zero-order valence-corrected chi connectivity index (χ0v) is 8.89. The van der Waals surface area contributed by atoms with Gasteiger partial charge in [0.25, 0.3) is 0 Å². The van der Waals surface area contributed by atoms with E-state index in [0.717, 1.165) is 12.8 Å². The minimum Gasteiger partial charge on any atom is -0.463 e. The molecule has 0 bridgehead atoms. The highest BCUT2D eigenvalue weighted by molar-refractivity contribution is 6.77. The van der Waals surface area contributed by atoms with Crippen molar-refractivity contribution in [2.45, 2.75) is 51.0 Å². The van der Waals surface area contributed by atoms with Crippen LogP contribution in [0.4, 0.5) is 0 Å². The molecule has 0 radical (unpaired) electrons. The molecule has 2 nitrogen and oxygen atoms in total. The average molecular weight is 189 g/mol. The predicted molar refractivity (Wildman–Crippen MR) is 51.9 cm³/mol. The first-order valence-electron chi connectivity index (χ1n) is 5.82. The van der Waals surface area contributed by atoms with Crippen LogP contribution in [0.3, 0.4) is 0 Å². The fraction of sp³-hybridized carbons (Fsp3) is 0.889. The van der Waals surface area contributed by atoms with Crippen LogP contribution in [0.1, 0.15) is 23.8 Å². The molecule has 1 saturated carbocycles. The maximum Gasteiger partial charge on any atom is 0.302 e. The summed E-state index contributed by atoms with van der Waals surface area (Å²) in [5.41, 5.74) is 0.659. The van der Waals surface area contributed by atoms with Gasteiger partial charge < -0.3 is 4.74 Å². The first-order chi connectivity index (χ1) is 6.60. The van der Waals surface area contributed by atoms with Crippen molar-refractivity contribution >= 4 is 14.0 Å². The molecule has 12 heavy (non-hydrogen) atoms. The van der Waals surface area contributed by atoms with E-state index in [1.807, 2.05) is 0 Å². The molecule has 0 amide bonds. The lowest BCUT2D eigenvalue weighted by Gasteiger charge is -2.41. The summed E-state index contributed by atoms with van der Waals surface area (Å²) in [6.07, 6.45) is 1.53. The topological polar surface area (TPSA) is 26.3 Å². The number of carbonyl (C=O) groups is 1. The molecule has 1 rings (SSSR count). The Kier molecular flexibility index (Phi) is 1.65. The molecule has 0 unspecified atom stereocenters. The van der Waals surface area contributed by atoms with Gasteiger partial charge in [0.15, 0.2) is 0 Å². The molecule has 0 atom stereocenters. The van der Waals surface area contributed by atoms with Crippen LogP contribution in [0, 0.1) is 0 Å². The Balaban J connectivity index is 2.33. The quantitative estimate of drug-likeness (QED) is 0.492. The standard InChI is InChI=1S/C9H18O2Si/c1-7(10)11-8-5-9(6-8)12(2,3)4/h8-9H,5-6H2,1-4H3/i1D3. The van der Waals surface area contributed by atoms with Crippen molar-refractivity contribution in [1.82, 2.24) is 0 Å². The van der Waals surface area contributed by atoms with Crippen LogP contribution in [0.5, 0.6) is 0 Å². The monoisotopic (exact) mass is 189 g/mol. The van der Waals surface area contributed by atoms with E-state index in [2.05, 4.69) is 19.6 Å². The Morgan fingerprint density at radius 3 is 2.50 bits per heavy atom. The van der Waals surface area contributed by atoms with E-state index < -0.39 is 20.9 Å². The Morgan fingerprint density at radius 2 is 2.08 bits per heavy atom. The van der Waals surface area contributed by atoms with E-state index in [-0.39, 0.29) is 6.10 Å². The molecule has 1 aliphatic carbocycles. The van der Waals surface area contributed by atoms with E-state index in [0.29, 0.717) is 5.54 Å². The van der Waals surface area contributed by atoms with Gasteiger partial charge >= 0.3 is 5.97 Å². The van der Waals surface area contributed by atoms with Gasteiger partial charge in [-0.2, -0.15) is 0 Å². The van der Waals surface area contributed by atoms with Crippen molar-refractivity contribution in [2.75, 3.05) is 0 Å². The van der Waals surface area contributed by atoms with Crippen molar-refractivity contribution in [2.24, 2.45) is 0 Å². The van der Waals surface area contributed by atoms with Crippen LogP contribution in [0.25, 0.3) is 0 Å². The highest BCUT2D eigenvalue weighted by Gasteiger charge is 2.39. The third-order valence-electron chi connectivity index (χ3n) is 2.59. The summed E-state index contributed by atoms with van der Waals surface area (Å²) < 4.78 is 25.5. The first kappa shape index (κ1) is 6.19. The van der Waals surface area contributed by atoms with Gasteiger partial charge in [-0.05, 0) is 18.4 Å². The van der Waals surface area contributed by atoms with Gasteiger partial charge in [-0.25, -0.2) is 0 Å². The largest absolute Gasteiger partial charge is 0.463 e. The van der Waals surface area contributed by atoms with Crippen LogP contribution in [0.15, 0.2) is 0 Å². The summed E-state index contributed by atoms with van der Waals surface area (Å²) in [5.74, 6) is -1.05. The summed E-state index contributed by atoms with van der Waals surface area (Å²) in [5, 5.41) is 0. The van der Waals surface area contributed by atoms with Gasteiger partial charge in [-0.3, -0.25) is 4.79 Å². The molecular formula is C9H18O2Si. The zero-order valence-electron chi connectivity index (χ0n) is 10.9. The highest BCUT2D eigenvalue weighted by Crippen LogP contribution is 2.42. The Labute approximate surface area is 79.5 Å². The minimum atomic E-state index is -2.61. The van der Waals surface area contributed by atoms with E-state index in [4.69, 9.17) is 8.85 Å². The van der Waals surface area contributed by atoms with E-state index in [9.17, 15) is 4.79 Å². The molecule has 1 aliphatic rings. The van der Waals surface area contributed by atoms with E-state index in [1.54, 1.807) is 0 Å². The smallest absolute Gasteiger partial charge is 0.302 e. The van der Waals surface area contributed by atoms with Crippen molar-refractivity contribution in [3.05, 3.63) is 0 Å². The van der Waals surface area contributed by atoms with Crippen molar-refractivity contribution < 1.29 is 13.6 Å². The van der Waals surface area contributed by atoms with Crippen LogP contribution in [0.2, 0.25) is 25.2 Å². The molecule has 0 aromatic heterocycles. The molecule has 0 N–H and O–H groups in total. The second kappa shape index (κ2) is 3.21. The number of hydrogen-bond acceptors (Lipinski definition) is 2. The predicted octanol–water partition coefficient (Wildman–Crippen LogP) is 2.42. The summed E-state index contributed by atoms with van der Waals surface area (Å²) in [6, 6.07) is 0. The van der Waals surface area contributed by atoms with Crippen molar-refractivity contribution in [3.8, 4) is 0 Å². The number of hydrogen-bond donors (Lipinski definition) is 0. The molecule has 0 heterocycles. The van der Waals surface area contributed by atoms with Gasteiger partial charge in [0, 0.05) is 19.0 Å². The number of carbonyl (C=O) groups excluding carboxylic acids is 1. The van der Waals surface area contributed by atoms with Crippen molar-refractivity contribution in [3.63, 3.8) is 0 Å². The fourth-order valence-electron chi connectivity index (χ4n) is 1.52. The molecule has 3 heteroatoms. The van der Waals surface area contributed by atoms with E-state index >= 15 is 0 Å². The Morgan fingerprint density at radius 1 is 1.50 bits per heavy atom. The lowest BCUT2D eigenvalue weighted by atomic mass is 9.95.